The van der Waals surface area contributed by atoms with Crippen molar-refractivity contribution in [2.75, 3.05) is 20.1 Å². The van der Waals surface area contributed by atoms with Gasteiger partial charge in [-0.15, -0.1) is 11.3 Å². The number of benzene rings is 1. The number of amides is 1. The summed E-state index contributed by atoms with van der Waals surface area (Å²) in [6, 6.07) is 3.48. The first-order valence-electron chi connectivity index (χ1n) is 7.54. The van der Waals surface area contributed by atoms with E-state index in [4.69, 9.17) is 11.6 Å². The van der Waals surface area contributed by atoms with Crippen LogP contribution in [-0.2, 0) is 6.18 Å². The molecule has 2 heterocycles. The van der Waals surface area contributed by atoms with Crippen LogP contribution in [-0.4, -0.2) is 37.0 Å². The third-order valence-electron chi connectivity index (χ3n) is 4.12. The van der Waals surface area contributed by atoms with Crippen molar-refractivity contribution in [3.05, 3.63) is 33.7 Å². The highest BCUT2D eigenvalue weighted by Gasteiger charge is 2.34. The van der Waals surface area contributed by atoms with E-state index in [9.17, 15) is 18.0 Å². The minimum Gasteiger partial charge on any atom is -0.347 e. The quantitative estimate of drug-likeness (QED) is 0.842. The number of fused-ring (bicyclic) bond motifs is 1. The van der Waals surface area contributed by atoms with Crippen molar-refractivity contribution in [3.63, 3.8) is 0 Å². The lowest BCUT2D eigenvalue weighted by Gasteiger charge is -2.30. The van der Waals surface area contributed by atoms with Crippen molar-refractivity contribution in [1.82, 2.24) is 10.2 Å². The van der Waals surface area contributed by atoms with E-state index in [2.05, 4.69) is 10.2 Å². The first kappa shape index (κ1) is 17.5. The van der Waals surface area contributed by atoms with Crippen LogP contribution in [0.3, 0.4) is 0 Å². The van der Waals surface area contributed by atoms with Crippen LogP contribution in [0.1, 0.15) is 28.1 Å². The van der Waals surface area contributed by atoms with E-state index in [1.165, 1.54) is 12.1 Å². The van der Waals surface area contributed by atoms with Gasteiger partial charge in [0.05, 0.1) is 20.2 Å². The predicted molar refractivity (Wildman–Crippen MR) is 89.8 cm³/mol. The molecule has 1 aliphatic rings. The van der Waals surface area contributed by atoms with Crippen LogP contribution in [0.25, 0.3) is 10.1 Å². The van der Waals surface area contributed by atoms with Crippen LogP contribution in [0.4, 0.5) is 13.2 Å². The highest BCUT2D eigenvalue weighted by molar-refractivity contribution is 7.21. The van der Waals surface area contributed by atoms with Gasteiger partial charge in [0, 0.05) is 18.0 Å². The lowest BCUT2D eigenvalue weighted by atomic mass is 10.1. The fraction of sp³-hybridized carbons (Fsp3) is 0.438. The molecule has 1 atom stereocenters. The smallest absolute Gasteiger partial charge is 0.347 e. The number of halogens is 4. The van der Waals surface area contributed by atoms with Gasteiger partial charge in [0.25, 0.3) is 5.91 Å². The number of nitrogens with one attached hydrogen (secondary N) is 1. The number of piperidine rings is 1. The Bertz CT molecular complexity index is 775. The monoisotopic (exact) mass is 376 g/mol. The molecular weight excluding hydrogens is 361 g/mol. The minimum absolute atomic E-state index is 0.0130. The van der Waals surface area contributed by atoms with Gasteiger partial charge in [0.2, 0.25) is 0 Å². The summed E-state index contributed by atoms with van der Waals surface area (Å²) in [6.07, 6.45) is -2.63. The predicted octanol–water partition coefficient (Wildman–Crippen LogP) is 4.40. The van der Waals surface area contributed by atoms with Gasteiger partial charge < -0.3 is 10.2 Å². The molecule has 0 unspecified atom stereocenters. The molecule has 8 heteroatoms. The third kappa shape index (κ3) is 3.53. The van der Waals surface area contributed by atoms with E-state index in [0.717, 1.165) is 43.3 Å². The van der Waals surface area contributed by atoms with E-state index in [1.807, 2.05) is 7.05 Å². The number of hydrogen-bond donors (Lipinski definition) is 1. The molecule has 24 heavy (non-hydrogen) atoms. The highest BCUT2D eigenvalue weighted by Crippen LogP contribution is 2.41. The molecule has 1 aromatic heterocycles. The fourth-order valence-electron chi connectivity index (χ4n) is 2.99. The van der Waals surface area contributed by atoms with Crippen LogP contribution in [0.5, 0.6) is 0 Å². The number of alkyl halides is 3. The summed E-state index contributed by atoms with van der Waals surface area (Å²) in [5.74, 6) is -0.347. The van der Waals surface area contributed by atoms with Gasteiger partial charge in [-0.25, -0.2) is 0 Å². The van der Waals surface area contributed by atoms with E-state index >= 15 is 0 Å². The molecule has 3 rings (SSSR count). The van der Waals surface area contributed by atoms with Gasteiger partial charge in [0.1, 0.15) is 0 Å². The number of thiophene rings is 1. The molecule has 2 aromatic rings. The fourth-order valence-corrected chi connectivity index (χ4v) is 4.26. The van der Waals surface area contributed by atoms with Gasteiger partial charge in [-0.1, -0.05) is 11.6 Å². The largest absolute Gasteiger partial charge is 0.417 e. The second-order valence-electron chi connectivity index (χ2n) is 6.02. The average Bonchev–Trinajstić information content (AvgIpc) is 2.92. The molecule has 1 saturated heterocycles. The van der Waals surface area contributed by atoms with Crippen molar-refractivity contribution in [2.24, 2.45) is 0 Å². The summed E-state index contributed by atoms with van der Waals surface area (Å²) in [5.41, 5.74) is -0.769. The number of carbonyl (C=O) groups excluding carboxylic acids is 1. The minimum atomic E-state index is -4.48. The zero-order valence-corrected chi connectivity index (χ0v) is 14.5. The Balaban J connectivity index is 1.90. The van der Waals surface area contributed by atoms with Gasteiger partial charge >= 0.3 is 6.18 Å². The average molecular weight is 377 g/mol. The maximum atomic E-state index is 13.1. The molecule has 0 radical (unpaired) electrons. The second kappa shape index (κ2) is 6.54. The SMILES string of the molecule is CN1CCC[C@@H](NC(=O)c2cc3c(C(F)(F)F)ccc(Cl)c3s2)C1. The number of nitrogens with zero attached hydrogens (tertiary/aromatic N) is 1. The van der Waals surface area contributed by atoms with E-state index < -0.39 is 11.7 Å². The van der Waals surface area contributed by atoms with Crippen molar-refractivity contribution in [1.29, 1.82) is 0 Å². The maximum Gasteiger partial charge on any atom is 0.417 e. The van der Waals surface area contributed by atoms with Crippen molar-refractivity contribution >= 4 is 38.9 Å². The summed E-state index contributed by atoms with van der Waals surface area (Å²) >= 11 is 7.01. The van der Waals surface area contributed by atoms with E-state index in [1.54, 1.807) is 0 Å². The van der Waals surface area contributed by atoms with Gasteiger partial charge in [-0.2, -0.15) is 13.2 Å². The van der Waals surface area contributed by atoms with Crippen LogP contribution in [0, 0.1) is 0 Å². The Labute approximate surface area is 146 Å². The number of carbonyl (C=O) groups is 1. The summed E-state index contributed by atoms with van der Waals surface area (Å²) in [5, 5.41) is 3.11. The Morgan fingerprint density at radius 2 is 2.17 bits per heavy atom. The number of likely N-dealkylation sites (N-methyl/N-ethyl adjacent to an activating group) is 1. The zero-order chi connectivity index (χ0) is 17.5. The molecule has 0 bridgehead atoms. The Kier molecular flexibility index (Phi) is 4.77. The maximum absolute atomic E-state index is 13.1. The Morgan fingerprint density at radius 3 is 2.83 bits per heavy atom. The van der Waals surface area contributed by atoms with Crippen LogP contribution in [0.2, 0.25) is 5.02 Å². The van der Waals surface area contributed by atoms with Crippen molar-refractivity contribution in [3.8, 4) is 0 Å². The summed E-state index contributed by atoms with van der Waals surface area (Å²) in [4.78, 5) is 14.8. The lowest BCUT2D eigenvalue weighted by molar-refractivity contribution is -0.136. The number of likely N-dealkylation sites (tertiary alicyclic amines) is 1. The molecule has 1 aromatic carbocycles. The zero-order valence-electron chi connectivity index (χ0n) is 12.9. The number of rotatable bonds is 2. The second-order valence-corrected chi connectivity index (χ2v) is 7.48. The topological polar surface area (TPSA) is 32.3 Å². The summed E-state index contributed by atoms with van der Waals surface area (Å²) in [7, 11) is 1.98. The van der Waals surface area contributed by atoms with E-state index in [0.29, 0.717) is 0 Å². The molecule has 1 aliphatic heterocycles. The third-order valence-corrected chi connectivity index (χ3v) is 5.72. The van der Waals surface area contributed by atoms with Gasteiger partial charge in [-0.3, -0.25) is 4.79 Å². The number of hydrogen-bond acceptors (Lipinski definition) is 3. The molecule has 130 valence electrons. The van der Waals surface area contributed by atoms with Crippen LogP contribution < -0.4 is 5.32 Å². The first-order valence-corrected chi connectivity index (χ1v) is 8.74. The molecule has 1 amide bonds. The molecule has 0 aliphatic carbocycles. The van der Waals surface area contributed by atoms with Crippen LogP contribution in [0.15, 0.2) is 18.2 Å². The van der Waals surface area contributed by atoms with Gasteiger partial charge in [0.15, 0.2) is 0 Å². The molecule has 0 spiro atoms. The molecular formula is C16H16ClF3N2OS. The Morgan fingerprint density at radius 1 is 1.42 bits per heavy atom. The highest BCUT2D eigenvalue weighted by atomic mass is 35.5. The molecule has 1 N–H and O–H groups in total. The van der Waals surface area contributed by atoms with Gasteiger partial charge in [-0.05, 0) is 44.6 Å². The first-order chi connectivity index (χ1) is 11.3. The summed E-state index contributed by atoms with van der Waals surface area (Å²) < 4.78 is 39.7. The van der Waals surface area contributed by atoms with Crippen molar-refractivity contribution in [2.45, 2.75) is 25.1 Å². The molecule has 0 saturated carbocycles. The lowest BCUT2D eigenvalue weighted by Crippen LogP contribution is -2.46. The van der Waals surface area contributed by atoms with Crippen LogP contribution >= 0.6 is 22.9 Å². The summed E-state index contributed by atoms with van der Waals surface area (Å²) in [6.45, 7) is 1.73. The van der Waals surface area contributed by atoms with Crippen molar-refractivity contribution < 1.29 is 18.0 Å². The standard InChI is InChI=1S/C16H16ClF3N2OS/c1-22-6-2-3-9(8-22)21-15(23)13-7-10-11(16(18,19)20)4-5-12(17)14(10)24-13/h4-5,7,9H,2-3,6,8H2,1H3,(H,21,23)/t9-/m1/s1. The normalized spacial score (nSPS) is 19.6. The molecule has 1 fully saturated rings. The van der Waals surface area contributed by atoms with E-state index in [-0.39, 0.29) is 31.9 Å². The Hall–Kier alpha value is -1.31. The molecule has 3 nitrogen and oxygen atoms in total.